The van der Waals surface area contributed by atoms with Gasteiger partial charge in [-0.15, -0.1) is 11.8 Å². The SMILES string of the molecule is Nc1ccc(SCc2ccc(C(=O)O)c(F)c2)cn1. The first-order chi connectivity index (χ1) is 9.06. The fourth-order valence-corrected chi connectivity index (χ4v) is 2.27. The zero-order chi connectivity index (χ0) is 13.8. The largest absolute Gasteiger partial charge is 0.478 e. The van der Waals surface area contributed by atoms with E-state index in [1.165, 1.54) is 23.9 Å². The normalized spacial score (nSPS) is 10.4. The van der Waals surface area contributed by atoms with Crippen LogP contribution < -0.4 is 5.73 Å². The Labute approximate surface area is 113 Å². The fourth-order valence-electron chi connectivity index (χ4n) is 1.47. The maximum absolute atomic E-state index is 13.5. The lowest BCUT2D eigenvalue weighted by molar-refractivity contribution is 0.0692. The van der Waals surface area contributed by atoms with Gasteiger partial charge in [-0.25, -0.2) is 14.2 Å². The number of benzene rings is 1. The third-order valence-corrected chi connectivity index (χ3v) is 3.48. The predicted molar refractivity (Wildman–Crippen MR) is 71.6 cm³/mol. The first kappa shape index (κ1) is 13.4. The van der Waals surface area contributed by atoms with Crippen LogP contribution in [0.2, 0.25) is 0 Å². The number of pyridine rings is 1. The van der Waals surface area contributed by atoms with E-state index in [0.29, 0.717) is 17.1 Å². The molecule has 98 valence electrons. The quantitative estimate of drug-likeness (QED) is 0.841. The van der Waals surface area contributed by atoms with E-state index in [1.54, 1.807) is 18.3 Å². The van der Waals surface area contributed by atoms with Crippen molar-refractivity contribution < 1.29 is 14.3 Å². The van der Waals surface area contributed by atoms with Gasteiger partial charge in [0.2, 0.25) is 0 Å². The van der Waals surface area contributed by atoms with Crippen LogP contribution in [0.15, 0.2) is 41.4 Å². The Morgan fingerprint density at radius 2 is 2.16 bits per heavy atom. The van der Waals surface area contributed by atoms with Gasteiger partial charge < -0.3 is 10.8 Å². The van der Waals surface area contributed by atoms with Crippen molar-refractivity contribution in [3.05, 3.63) is 53.5 Å². The molecular weight excluding hydrogens is 267 g/mol. The number of aromatic nitrogens is 1. The smallest absolute Gasteiger partial charge is 0.338 e. The summed E-state index contributed by atoms with van der Waals surface area (Å²) in [6, 6.07) is 7.63. The number of halogens is 1. The van der Waals surface area contributed by atoms with E-state index >= 15 is 0 Å². The van der Waals surface area contributed by atoms with Crippen LogP contribution in [0.1, 0.15) is 15.9 Å². The van der Waals surface area contributed by atoms with E-state index in [-0.39, 0.29) is 5.56 Å². The molecule has 0 spiro atoms. The van der Waals surface area contributed by atoms with Gasteiger partial charge in [-0.1, -0.05) is 6.07 Å². The molecule has 1 heterocycles. The first-order valence-electron chi connectivity index (χ1n) is 5.42. The number of hydrogen-bond acceptors (Lipinski definition) is 4. The Morgan fingerprint density at radius 1 is 1.37 bits per heavy atom. The van der Waals surface area contributed by atoms with Crippen molar-refractivity contribution in [1.29, 1.82) is 0 Å². The van der Waals surface area contributed by atoms with E-state index in [4.69, 9.17) is 10.8 Å². The highest BCUT2D eigenvalue weighted by Crippen LogP contribution is 2.23. The summed E-state index contributed by atoms with van der Waals surface area (Å²) in [5.74, 6) is -1.01. The van der Waals surface area contributed by atoms with Gasteiger partial charge in [0, 0.05) is 16.8 Å². The zero-order valence-corrected chi connectivity index (χ0v) is 10.7. The minimum absolute atomic E-state index is 0.317. The number of anilines is 1. The summed E-state index contributed by atoms with van der Waals surface area (Å²) in [4.78, 5) is 15.5. The van der Waals surface area contributed by atoms with E-state index < -0.39 is 11.8 Å². The van der Waals surface area contributed by atoms with Crippen LogP contribution in [0.4, 0.5) is 10.2 Å². The molecule has 6 heteroatoms. The Kier molecular flexibility index (Phi) is 4.01. The topological polar surface area (TPSA) is 76.2 Å². The number of nitrogen functional groups attached to an aromatic ring is 1. The summed E-state index contributed by atoms with van der Waals surface area (Å²) in [7, 11) is 0. The molecule has 0 fully saturated rings. The number of carbonyl (C=O) groups is 1. The van der Waals surface area contributed by atoms with Gasteiger partial charge in [0.05, 0.1) is 5.56 Å². The van der Waals surface area contributed by atoms with E-state index in [9.17, 15) is 9.18 Å². The highest BCUT2D eigenvalue weighted by atomic mass is 32.2. The standard InChI is InChI=1S/C13H11FN2O2S/c14-11-5-8(1-3-10(11)13(17)18)7-19-9-2-4-12(15)16-6-9/h1-6H,7H2,(H2,15,16)(H,17,18). The lowest BCUT2D eigenvalue weighted by Gasteiger charge is -2.04. The van der Waals surface area contributed by atoms with Gasteiger partial charge in [0.15, 0.2) is 0 Å². The van der Waals surface area contributed by atoms with Crippen LogP contribution in [-0.2, 0) is 5.75 Å². The third-order valence-electron chi connectivity index (χ3n) is 2.43. The van der Waals surface area contributed by atoms with Crippen LogP contribution in [-0.4, -0.2) is 16.1 Å². The second kappa shape index (κ2) is 5.71. The van der Waals surface area contributed by atoms with Crippen molar-refractivity contribution in [3.63, 3.8) is 0 Å². The van der Waals surface area contributed by atoms with Crippen LogP contribution in [0, 0.1) is 5.82 Å². The molecule has 3 N–H and O–H groups in total. The van der Waals surface area contributed by atoms with Gasteiger partial charge in [-0.2, -0.15) is 0 Å². The van der Waals surface area contributed by atoms with Crippen molar-refractivity contribution in [2.75, 3.05) is 5.73 Å². The monoisotopic (exact) mass is 278 g/mol. The predicted octanol–water partition coefficient (Wildman–Crippen LogP) is 2.79. The molecule has 0 unspecified atom stereocenters. The molecule has 2 rings (SSSR count). The number of carboxylic acid groups (broad SMARTS) is 1. The minimum Gasteiger partial charge on any atom is -0.478 e. The molecule has 0 atom stereocenters. The zero-order valence-electron chi connectivity index (χ0n) is 9.84. The molecule has 0 aliphatic heterocycles. The molecule has 4 nitrogen and oxygen atoms in total. The summed E-state index contributed by atoms with van der Waals surface area (Å²) >= 11 is 1.47. The van der Waals surface area contributed by atoms with Crippen molar-refractivity contribution in [2.24, 2.45) is 0 Å². The molecule has 0 aliphatic carbocycles. The molecule has 0 amide bonds. The molecule has 19 heavy (non-hydrogen) atoms. The Balaban J connectivity index is 2.06. The van der Waals surface area contributed by atoms with E-state index in [1.807, 2.05) is 6.07 Å². The highest BCUT2D eigenvalue weighted by Gasteiger charge is 2.10. The van der Waals surface area contributed by atoms with Gasteiger partial charge in [0.1, 0.15) is 11.6 Å². The molecule has 2 aromatic rings. The summed E-state index contributed by atoms with van der Waals surface area (Å²) in [5, 5.41) is 8.73. The summed E-state index contributed by atoms with van der Waals surface area (Å²) in [6.07, 6.45) is 1.64. The van der Waals surface area contributed by atoms with Crippen molar-refractivity contribution in [2.45, 2.75) is 10.6 Å². The number of thioether (sulfide) groups is 1. The average Bonchev–Trinajstić information content (AvgIpc) is 2.37. The summed E-state index contributed by atoms with van der Waals surface area (Å²) < 4.78 is 13.5. The van der Waals surface area contributed by atoms with Crippen LogP contribution in [0.5, 0.6) is 0 Å². The molecule has 0 saturated carbocycles. The van der Waals surface area contributed by atoms with Crippen LogP contribution in [0.3, 0.4) is 0 Å². The number of aromatic carboxylic acids is 1. The first-order valence-corrected chi connectivity index (χ1v) is 6.41. The number of rotatable bonds is 4. The number of nitrogens with two attached hydrogens (primary N) is 1. The molecule has 0 aliphatic rings. The Hall–Kier alpha value is -2.08. The third kappa shape index (κ3) is 3.45. The number of hydrogen-bond donors (Lipinski definition) is 2. The van der Waals surface area contributed by atoms with E-state index in [2.05, 4.69) is 4.98 Å². The summed E-state index contributed by atoms with van der Waals surface area (Å²) in [5.41, 5.74) is 5.87. The van der Waals surface area contributed by atoms with Gasteiger partial charge >= 0.3 is 5.97 Å². The Morgan fingerprint density at radius 3 is 2.74 bits per heavy atom. The highest BCUT2D eigenvalue weighted by molar-refractivity contribution is 7.98. The molecule has 1 aromatic heterocycles. The van der Waals surface area contributed by atoms with Crippen LogP contribution in [0.25, 0.3) is 0 Å². The molecular formula is C13H11FN2O2S. The van der Waals surface area contributed by atoms with Gasteiger partial charge in [-0.05, 0) is 29.8 Å². The minimum atomic E-state index is -1.26. The van der Waals surface area contributed by atoms with Gasteiger partial charge in [0.25, 0.3) is 0 Å². The molecule has 0 saturated heterocycles. The molecule has 0 bridgehead atoms. The summed E-state index contributed by atoms with van der Waals surface area (Å²) in [6.45, 7) is 0. The number of nitrogens with zero attached hydrogens (tertiary/aromatic N) is 1. The molecule has 1 aromatic carbocycles. The number of carboxylic acids is 1. The van der Waals surface area contributed by atoms with E-state index in [0.717, 1.165) is 4.90 Å². The second-order valence-corrected chi connectivity index (χ2v) is 4.88. The van der Waals surface area contributed by atoms with Gasteiger partial charge in [-0.3, -0.25) is 0 Å². The van der Waals surface area contributed by atoms with Crippen molar-refractivity contribution >= 4 is 23.5 Å². The maximum Gasteiger partial charge on any atom is 0.338 e. The Bertz CT molecular complexity index is 602. The average molecular weight is 278 g/mol. The lowest BCUT2D eigenvalue weighted by atomic mass is 10.1. The fraction of sp³-hybridized carbons (Fsp3) is 0.0769. The van der Waals surface area contributed by atoms with Crippen molar-refractivity contribution in [1.82, 2.24) is 4.98 Å². The second-order valence-electron chi connectivity index (χ2n) is 3.83. The molecule has 0 radical (unpaired) electrons. The van der Waals surface area contributed by atoms with Crippen LogP contribution >= 0.6 is 11.8 Å². The maximum atomic E-state index is 13.5. The van der Waals surface area contributed by atoms with Crippen molar-refractivity contribution in [3.8, 4) is 0 Å². The lowest BCUT2D eigenvalue weighted by Crippen LogP contribution is -2.00.